The second kappa shape index (κ2) is 7.39. The lowest BCUT2D eigenvalue weighted by Gasteiger charge is -2.35. The second-order valence-corrected chi connectivity index (χ2v) is 6.10. The Balaban J connectivity index is 1.47. The highest BCUT2D eigenvalue weighted by atomic mass is 16.2. The lowest BCUT2D eigenvalue weighted by molar-refractivity contribution is 0.133. The van der Waals surface area contributed by atoms with Crippen molar-refractivity contribution in [2.45, 2.75) is 19.5 Å². The van der Waals surface area contributed by atoms with Gasteiger partial charge in [-0.15, -0.1) is 10.2 Å². The van der Waals surface area contributed by atoms with Crippen LogP contribution in [0, 0.1) is 0 Å². The Morgan fingerprint density at radius 3 is 2.75 bits per heavy atom. The molecule has 1 aliphatic rings. The largest absolute Gasteiger partial charge is 0.328 e. The van der Waals surface area contributed by atoms with Crippen LogP contribution in [-0.4, -0.2) is 61.8 Å². The SMILES string of the molecule is C[C@@H](NC(=O)N1CCN(Cc2cccnc2)CC1)c1nncn1C. The molecule has 1 fully saturated rings. The fraction of sp³-hybridized carbons (Fsp3) is 0.500. The summed E-state index contributed by atoms with van der Waals surface area (Å²) in [5.74, 6) is 0.749. The van der Waals surface area contributed by atoms with Crippen molar-refractivity contribution in [1.29, 1.82) is 0 Å². The monoisotopic (exact) mass is 329 g/mol. The first kappa shape index (κ1) is 16.4. The van der Waals surface area contributed by atoms with Crippen molar-refractivity contribution in [3.8, 4) is 0 Å². The van der Waals surface area contributed by atoms with Crippen LogP contribution in [0.5, 0.6) is 0 Å². The minimum Gasteiger partial charge on any atom is -0.328 e. The fourth-order valence-corrected chi connectivity index (χ4v) is 2.88. The number of pyridine rings is 1. The first-order valence-corrected chi connectivity index (χ1v) is 8.14. The van der Waals surface area contributed by atoms with Crippen molar-refractivity contribution in [3.05, 3.63) is 42.2 Å². The third-order valence-electron chi connectivity index (χ3n) is 4.26. The van der Waals surface area contributed by atoms with Crippen molar-refractivity contribution in [3.63, 3.8) is 0 Å². The number of nitrogens with one attached hydrogen (secondary N) is 1. The third kappa shape index (κ3) is 3.88. The molecule has 8 nitrogen and oxygen atoms in total. The zero-order valence-corrected chi connectivity index (χ0v) is 14.1. The summed E-state index contributed by atoms with van der Waals surface area (Å²) in [6.45, 7) is 5.95. The van der Waals surface area contributed by atoms with Crippen molar-refractivity contribution in [1.82, 2.24) is 34.9 Å². The van der Waals surface area contributed by atoms with E-state index in [0.29, 0.717) is 0 Å². The standard InChI is InChI=1S/C16H23N7O/c1-13(15-20-18-12-21(15)2)19-16(24)23-8-6-22(7-9-23)11-14-4-3-5-17-10-14/h3-5,10,12-13H,6-9,11H2,1-2H3,(H,19,24)/t13-/m1/s1. The quantitative estimate of drug-likeness (QED) is 0.897. The molecule has 0 aliphatic carbocycles. The number of urea groups is 1. The summed E-state index contributed by atoms with van der Waals surface area (Å²) in [5.41, 5.74) is 1.20. The van der Waals surface area contributed by atoms with Crippen LogP contribution in [0.2, 0.25) is 0 Å². The van der Waals surface area contributed by atoms with Gasteiger partial charge in [0.1, 0.15) is 6.33 Å². The number of aryl methyl sites for hydroxylation is 1. The Morgan fingerprint density at radius 2 is 2.12 bits per heavy atom. The van der Waals surface area contributed by atoms with E-state index in [1.807, 2.05) is 35.7 Å². The molecule has 128 valence electrons. The summed E-state index contributed by atoms with van der Waals surface area (Å²) < 4.78 is 1.82. The molecule has 0 unspecified atom stereocenters. The minimum absolute atomic E-state index is 0.0495. The highest BCUT2D eigenvalue weighted by Crippen LogP contribution is 2.11. The highest BCUT2D eigenvalue weighted by Gasteiger charge is 2.23. The third-order valence-corrected chi connectivity index (χ3v) is 4.26. The molecule has 1 N–H and O–H groups in total. The molecular formula is C16H23N7O. The Kier molecular flexibility index (Phi) is 5.05. The predicted octanol–water partition coefficient (Wildman–Crippen LogP) is 0.798. The summed E-state index contributed by atoms with van der Waals surface area (Å²) in [5, 5.41) is 10.9. The number of carbonyl (C=O) groups excluding carboxylic acids is 1. The normalized spacial score (nSPS) is 16.8. The van der Waals surface area contributed by atoms with Gasteiger partial charge in [0.15, 0.2) is 5.82 Å². The predicted molar refractivity (Wildman–Crippen MR) is 89.0 cm³/mol. The number of aromatic nitrogens is 4. The van der Waals surface area contributed by atoms with Gasteiger partial charge in [-0.2, -0.15) is 0 Å². The topological polar surface area (TPSA) is 79.2 Å². The van der Waals surface area contributed by atoms with Gasteiger partial charge >= 0.3 is 6.03 Å². The lowest BCUT2D eigenvalue weighted by Crippen LogP contribution is -2.51. The molecule has 2 aromatic rings. The van der Waals surface area contributed by atoms with E-state index in [9.17, 15) is 4.79 Å². The molecule has 0 radical (unpaired) electrons. The molecule has 0 bridgehead atoms. The van der Waals surface area contributed by atoms with E-state index < -0.39 is 0 Å². The number of carbonyl (C=O) groups is 1. The highest BCUT2D eigenvalue weighted by molar-refractivity contribution is 5.74. The van der Waals surface area contributed by atoms with Crippen molar-refractivity contribution >= 4 is 6.03 Å². The fourth-order valence-electron chi connectivity index (χ4n) is 2.88. The number of rotatable bonds is 4. The Bertz CT molecular complexity index is 664. The molecule has 3 rings (SSSR count). The van der Waals surface area contributed by atoms with Crippen LogP contribution >= 0.6 is 0 Å². The first-order chi connectivity index (χ1) is 11.6. The average molecular weight is 329 g/mol. The smallest absolute Gasteiger partial charge is 0.318 e. The van der Waals surface area contributed by atoms with Crippen molar-refractivity contribution in [2.24, 2.45) is 7.05 Å². The average Bonchev–Trinajstić information content (AvgIpc) is 3.02. The second-order valence-electron chi connectivity index (χ2n) is 6.10. The Morgan fingerprint density at radius 1 is 1.33 bits per heavy atom. The van der Waals surface area contributed by atoms with Gasteiger partial charge in [0.2, 0.25) is 0 Å². The molecule has 24 heavy (non-hydrogen) atoms. The first-order valence-electron chi connectivity index (χ1n) is 8.14. The molecule has 1 aliphatic heterocycles. The minimum atomic E-state index is -0.168. The van der Waals surface area contributed by atoms with Crippen LogP contribution < -0.4 is 5.32 Å². The van der Waals surface area contributed by atoms with E-state index in [-0.39, 0.29) is 12.1 Å². The molecule has 0 aromatic carbocycles. The molecule has 2 aromatic heterocycles. The van der Waals surface area contributed by atoms with Gasteiger partial charge < -0.3 is 14.8 Å². The zero-order valence-electron chi connectivity index (χ0n) is 14.1. The van der Waals surface area contributed by atoms with Gasteiger partial charge in [-0.05, 0) is 18.6 Å². The number of hydrogen-bond acceptors (Lipinski definition) is 5. The van der Waals surface area contributed by atoms with Crippen LogP contribution in [0.1, 0.15) is 24.4 Å². The van der Waals surface area contributed by atoms with Gasteiger partial charge in [0, 0.05) is 52.2 Å². The molecule has 8 heteroatoms. The van der Waals surface area contributed by atoms with Crippen LogP contribution in [0.25, 0.3) is 0 Å². The van der Waals surface area contributed by atoms with Gasteiger partial charge in [-0.1, -0.05) is 6.07 Å². The van der Waals surface area contributed by atoms with E-state index in [4.69, 9.17) is 0 Å². The van der Waals surface area contributed by atoms with Crippen molar-refractivity contribution in [2.75, 3.05) is 26.2 Å². The summed E-state index contributed by atoms with van der Waals surface area (Å²) in [7, 11) is 1.87. The van der Waals surface area contributed by atoms with E-state index in [1.165, 1.54) is 5.56 Å². The summed E-state index contributed by atoms with van der Waals surface area (Å²) in [6.07, 6.45) is 5.31. The molecule has 0 spiro atoms. The number of hydrogen-bond donors (Lipinski definition) is 1. The molecular weight excluding hydrogens is 306 g/mol. The Hall–Kier alpha value is -2.48. The van der Waals surface area contributed by atoms with E-state index >= 15 is 0 Å². The Labute approximate surface area is 141 Å². The lowest BCUT2D eigenvalue weighted by atomic mass is 10.2. The number of piperazine rings is 1. The summed E-state index contributed by atoms with van der Waals surface area (Å²) in [6, 6.07) is 3.81. The van der Waals surface area contributed by atoms with Gasteiger partial charge in [0.25, 0.3) is 0 Å². The van der Waals surface area contributed by atoms with Gasteiger partial charge in [-0.3, -0.25) is 9.88 Å². The molecule has 3 heterocycles. The van der Waals surface area contributed by atoms with E-state index in [0.717, 1.165) is 38.5 Å². The van der Waals surface area contributed by atoms with Crippen molar-refractivity contribution < 1.29 is 4.79 Å². The van der Waals surface area contributed by atoms with Gasteiger partial charge in [-0.25, -0.2) is 4.79 Å². The maximum Gasteiger partial charge on any atom is 0.318 e. The zero-order chi connectivity index (χ0) is 16.9. The number of amides is 2. The molecule has 1 saturated heterocycles. The van der Waals surface area contributed by atoms with E-state index in [1.54, 1.807) is 12.5 Å². The molecule has 0 saturated carbocycles. The van der Waals surface area contributed by atoms with Gasteiger partial charge in [0.05, 0.1) is 6.04 Å². The number of nitrogens with zero attached hydrogens (tertiary/aromatic N) is 6. The van der Waals surface area contributed by atoms with Crippen LogP contribution in [0.15, 0.2) is 30.9 Å². The summed E-state index contributed by atoms with van der Waals surface area (Å²) >= 11 is 0. The summed E-state index contributed by atoms with van der Waals surface area (Å²) in [4.78, 5) is 20.7. The maximum absolute atomic E-state index is 12.4. The molecule has 1 atom stereocenters. The van der Waals surface area contributed by atoms with Crippen LogP contribution in [0.4, 0.5) is 4.79 Å². The van der Waals surface area contributed by atoms with E-state index in [2.05, 4.69) is 31.5 Å². The maximum atomic E-state index is 12.4. The van der Waals surface area contributed by atoms with Crippen LogP contribution in [-0.2, 0) is 13.6 Å². The molecule has 2 amide bonds. The van der Waals surface area contributed by atoms with Crippen LogP contribution in [0.3, 0.4) is 0 Å².